The number of fused-ring (bicyclic) bond motifs is 3. The van der Waals surface area contributed by atoms with E-state index in [2.05, 4.69) is 33.1 Å². The van der Waals surface area contributed by atoms with Crippen LogP contribution in [0, 0.1) is 0 Å². The number of nitrogens with one attached hydrogen (secondary N) is 1. The largest absolute Gasteiger partial charge is 0.351 e. The van der Waals surface area contributed by atoms with Crippen LogP contribution in [0.4, 0.5) is 0 Å². The summed E-state index contributed by atoms with van der Waals surface area (Å²) in [6, 6.07) is 18.0. The number of thioether (sulfide) groups is 1. The highest BCUT2D eigenvalue weighted by Crippen LogP contribution is 2.28. The van der Waals surface area contributed by atoms with Crippen molar-refractivity contribution in [3.8, 4) is 0 Å². The van der Waals surface area contributed by atoms with E-state index in [1.54, 1.807) is 0 Å². The minimum atomic E-state index is -0.317. The molecule has 0 radical (unpaired) electrons. The summed E-state index contributed by atoms with van der Waals surface area (Å²) in [5.74, 6) is -0.0476. The molecule has 2 aromatic carbocycles. The maximum atomic E-state index is 12.4. The third-order valence-electron chi connectivity index (χ3n) is 4.63. The van der Waals surface area contributed by atoms with Crippen LogP contribution in [0.25, 0.3) is 22.1 Å². The Balaban J connectivity index is 1.52. The third-order valence-corrected chi connectivity index (χ3v) is 5.58. The molecule has 142 valence electrons. The first-order chi connectivity index (χ1) is 13.7. The van der Waals surface area contributed by atoms with Gasteiger partial charge >= 0.3 is 0 Å². The van der Waals surface area contributed by atoms with Crippen LogP contribution < -0.4 is 5.32 Å². The fraction of sp³-hybridized carbons (Fsp3) is 0.238. The molecule has 0 aliphatic carbocycles. The van der Waals surface area contributed by atoms with Crippen molar-refractivity contribution in [3.05, 3.63) is 60.2 Å². The third kappa shape index (κ3) is 3.57. The second-order valence-electron chi connectivity index (χ2n) is 6.49. The molecule has 2 aromatic heterocycles. The van der Waals surface area contributed by atoms with E-state index in [9.17, 15) is 4.79 Å². The van der Waals surface area contributed by atoms with E-state index in [4.69, 9.17) is 4.98 Å². The predicted molar refractivity (Wildman–Crippen MR) is 112 cm³/mol. The fourth-order valence-electron chi connectivity index (χ4n) is 3.20. The quantitative estimate of drug-likeness (QED) is 0.506. The normalized spacial score (nSPS) is 12.4. The first kappa shape index (κ1) is 18.4. The molecule has 1 N–H and O–H groups in total. The molecule has 0 unspecified atom stereocenters. The number of amides is 1. The maximum absolute atomic E-state index is 12.4. The zero-order valence-electron chi connectivity index (χ0n) is 15.8. The summed E-state index contributed by atoms with van der Waals surface area (Å²) in [7, 11) is 0. The molecule has 7 heteroatoms. The van der Waals surface area contributed by atoms with Gasteiger partial charge in [-0.2, -0.15) is 0 Å². The summed E-state index contributed by atoms with van der Waals surface area (Å²) in [5, 5.41) is 12.8. The molecule has 1 atom stereocenters. The van der Waals surface area contributed by atoms with Crippen molar-refractivity contribution in [3.63, 3.8) is 0 Å². The molecule has 0 saturated carbocycles. The van der Waals surface area contributed by atoms with Crippen molar-refractivity contribution in [2.45, 2.75) is 37.3 Å². The molecule has 0 aliphatic rings. The molecule has 4 aromatic rings. The second-order valence-corrected chi connectivity index (χ2v) is 7.80. The average Bonchev–Trinajstić information content (AvgIpc) is 3.05. The Kier molecular flexibility index (Phi) is 5.25. The number of aromatic nitrogens is 4. The lowest BCUT2D eigenvalue weighted by Crippen LogP contribution is -2.30. The molecule has 0 saturated heterocycles. The van der Waals surface area contributed by atoms with Gasteiger partial charge in [0.1, 0.15) is 5.52 Å². The van der Waals surface area contributed by atoms with Crippen LogP contribution in [0.15, 0.2) is 59.8 Å². The van der Waals surface area contributed by atoms with Crippen LogP contribution in [0.5, 0.6) is 0 Å². The van der Waals surface area contributed by atoms with Gasteiger partial charge in [-0.05, 0) is 25.5 Å². The fourth-order valence-corrected chi connectivity index (χ4v) is 3.93. The summed E-state index contributed by atoms with van der Waals surface area (Å²) in [6.45, 7) is 5.24. The number of carbonyl (C=O) groups excluding carboxylic acids is 1. The van der Waals surface area contributed by atoms with Crippen molar-refractivity contribution in [1.29, 1.82) is 0 Å². The van der Waals surface area contributed by atoms with Crippen LogP contribution in [0.3, 0.4) is 0 Å². The smallest absolute Gasteiger partial charge is 0.233 e. The first-order valence-electron chi connectivity index (χ1n) is 9.27. The lowest BCUT2D eigenvalue weighted by Gasteiger charge is -2.11. The highest BCUT2D eigenvalue weighted by atomic mass is 32.2. The lowest BCUT2D eigenvalue weighted by atomic mass is 10.2. The molecular formula is C21H21N5OS. The van der Waals surface area contributed by atoms with Gasteiger partial charge in [0.15, 0.2) is 5.65 Å². The first-order valence-corrected chi connectivity index (χ1v) is 10.1. The topological polar surface area (TPSA) is 72.7 Å². The van der Waals surface area contributed by atoms with Crippen molar-refractivity contribution < 1.29 is 4.79 Å². The molecule has 0 spiro atoms. The molecule has 2 heterocycles. The Hall–Kier alpha value is -2.93. The van der Waals surface area contributed by atoms with Gasteiger partial charge in [-0.15, -0.1) is 10.2 Å². The number of hydrogen-bond acceptors (Lipinski definition) is 5. The van der Waals surface area contributed by atoms with Gasteiger partial charge < -0.3 is 9.88 Å². The Morgan fingerprint density at radius 2 is 1.86 bits per heavy atom. The van der Waals surface area contributed by atoms with E-state index < -0.39 is 0 Å². The van der Waals surface area contributed by atoms with Crippen LogP contribution in [-0.2, 0) is 17.9 Å². The van der Waals surface area contributed by atoms with E-state index in [0.29, 0.717) is 11.7 Å². The van der Waals surface area contributed by atoms with Crippen LogP contribution in [0.1, 0.15) is 19.4 Å². The Bertz CT molecular complexity index is 1130. The van der Waals surface area contributed by atoms with E-state index >= 15 is 0 Å². The molecule has 0 bridgehead atoms. The minimum Gasteiger partial charge on any atom is -0.351 e. The van der Waals surface area contributed by atoms with Crippen molar-refractivity contribution in [2.75, 3.05) is 0 Å². The lowest BCUT2D eigenvalue weighted by molar-refractivity contribution is -0.120. The molecule has 0 fully saturated rings. The molecule has 28 heavy (non-hydrogen) atoms. The van der Waals surface area contributed by atoms with Crippen LogP contribution in [-0.4, -0.2) is 30.9 Å². The van der Waals surface area contributed by atoms with Gasteiger partial charge in [0, 0.05) is 18.5 Å². The Labute approximate surface area is 167 Å². The van der Waals surface area contributed by atoms with Gasteiger partial charge in [0.2, 0.25) is 11.1 Å². The maximum Gasteiger partial charge on any atom is 0.233 e. The highest BCUT2D eigenvalue weighted by molar-refractivity contribution is 8.00. The highest BCUT2D eigenvalue weighted by Gasteiger charge is 2.18. The Morgan fingerprint density at radius 3 is 2.64 bits per heavy atom. The van der Waals surface area contributed by atoms with Gasteiger partial charge in [0.05, 0.1) is 10.8 Å². The van der Waals surface area contributed by atoms with Crippen LogP contribution in [0.2, 0.25) is 0 Å². The second kappa shape index (κ2) is 7.98. The van der Waals surface area contributed by atoms with Gasteiger partial charge in [0.25, 0.3) is 0 Å². The zero-order valence-corrected chi connectivity index (χ0v) is 16.6. The number of aryl methyl sites for hydroxylation is 1. The summed E-state index contributed by atoms with van der Waals surface area (Å²) in [6.07, 6.45) is 0. The summed E-state index contributed by atoms with van der Waals surface area (Å²) in [4.78, 5) is 17.1. The molecule has 4 rings (SSSR count). The monoisotopic (exact) mass is 391 g/mol. The number of rotatable bonds is 6. The van der Waals surface area contributed by atoms with Gasteiger partial charge in [-0.1, -0.05) is 60.3 Å². The summed E-state index contributed by atoms with van der Waals surface area (Å²) in [5.41, 5.74) is 3.76. The number of benzene rings is 2. The van der Waals surface area contributed by atoms with E-state index in [-0.39, 0.29) is 11.2 Å². The van der Waals surface area contributed by atoms with Gasteiger partial charge in [-0.25, -0.2) is 4.98 Å². The summed E-state index contributed by atoms with van der Waals surface area (Å²) >= 11 is 1.32. The number of nitrogens with zero attached hydrogens (tertiary/aromatic N) is 4. The van der Waals surface area contributed by atoms with Crippen molar-refractivity contribution >= 4 is 39.7 Å². The molecule has 0 aliphatic heterocycles. The van der Waals surface area contributed by atoms with E-state index in [1.807, 2.05) is 55.5 Å². The SMILES string of the molecule is CCn1c2ccccc2c2nnc(S[C@H](C)C(=O)NCc3ccccc3)nc21. The molecule has 1 amide bonds. The average molecular weight is 392 g/mol. The Morgan fingerprint density at radius 1 is 1.11 bits per heavy atom. The van der Waals surface area contributed by atoms with E-state index in [1.165, 1.54) is 11.8 Å². The molecular weight excluding hydrogens is 370 g/mol. The number of hydrogen-bond donors (Lipinski definition) is 1. The molecule has 6 nitrogen and oxygen atoms in total. The summed E-state index contributed by atoms with van der Waals surface area (Å²) < 4.78 is 2.13. The van der Waals surface area contributed by atoms with Crippen molar-refractivity contribution in [2.24, 2.45) is 0 Å². The number of para-hydroxylation sites is 1. The van der Waals surface area contributed by atoms with Crippen molar-refractivity contribution in [1.82, 2.24) is 25.1 Å². The van der Waals surface area contributed by atoms with Gasteiger partial charge in [-0.3, -0.25) is 4.79 Å². The standard InChI is InChI=1S/C21H21N5OS/c1-3-26-17-12-8-7-11-16(17)18-19(26)23-21(25-24-18)28-14(2)20(27)22-13-15-9-5-4-6-10-15/h4-12,14H,3,13H2,1-2H3,(H,22,27)/t14-/m1/s1. The number of carbonyl (C=O) groups is 1. The minimum absolute atomic E-state index is 0.0476. The zero-order chi connectivity index (χ0) is 19.5. The van der Waals surface area contributed by atoms with E-state index in [0.717, 1.165) is 34.2 Å². The van der Waals surface area contributed by atoms with Crippen LogP contribution >= 0.6 is 11.8 Å². The predicted octanol–water partition coefficient (Wildman–Crippen LogP) is 3.80.